The van der Waals surface area contributed by atoms with Crippen molar-refractivity contribution in [1.82, 2.24) is 10.2 Å². The molecule has 0 aromatic heterocycles. The number of carbonyl (C=O) groups is 2. The van der Waals surface area contributed by atoms with Gasteiger partial charge in [-0.2, -0.15) is 0 Å². The Balaban J connectivity index is 1.33. The highest BCUT2D eigenvalue weighted by Crippen LogP contribution is 2.16. The van der Waals surface area contributed by atoms with Crippen LogP contribution in [-0.4, -0.2) is 35.8 Å². The van der Waals surface area contributed by atoms with Gasteiger partial charge < -0.3 is 10.6 Å². The molecule has 158 valence electrons. The van der Waals surface area contributed by atoms with Gasteiger partial charge in [0.05, 0.1) is 0 Å². The van der Waals surface area contributed by atoms with Crippen molar-refractivity contribution in [3.05, 3.63) is 101 Å². The molecule has 0 radical (unpaired) electrons. The summed E-state index contributed by atoms with van der Waals surface area (Å²) >= 11 is 0. The number of halogens is 1. The van der Waals surface area contributed by atoms with Gasteiger partial charge in [0.2, 0.25) is 0 Å². The molecule has 3 aromatic carbocycles. The van der Waals surface area contributed by atoms with Gasteiger partial charge in [0.1, 0.15) is 5.82 Å². The van der Waals surface area contributed by atoms with Gasteiger partial charge in [0, 0.05) is 42.5 Å². The van der Waals surface area contributed by atoms with Crippen LogP contribution in [0.2, 0.25) is 0 Å². The van der Waals surface area contributed by atoms with Gasteiger partial charge in [0.25, 0.3) is 11.8 Å². The first-order valence-corrected chi connectivity index (χ1v) is 10.3. The van der Waals surface area contributed by atoms with E-state index in [9.17, 15) is 14.0 Å². The predicted octanol–water partition coefficient (Wildman–Crippen LogP) is 4.08. The summed E-state index contributed by atoms with van der Waals surface area (Å²) in [6.07, 6.45) is 0.902. The molecule has 1 heterocycles. The third-order valence-corrected chi connectivity index (χ3v) is 5.35. The van der Waals surface area contributed by atoms with Crippen molar-refractivity contribution in [2.45, 2.75) is 19.0 Å². The Hall–Kier alpha value is -3.51. The summed E-state index contributed by atoms with van der Waals surface area (Å²) in [6.45, 7) is 2.62. The van der Waals surface area contributed by atoms with Gasteiger partial charge in [-0.15, -0.1) is 0 Å². The number of anilines is 1. The molecule has 2 amide bonds. The maximum atomic E-state index is 13.0. The summed E-state index contributed by atoms with van der Waals surface area (Å²) in [5.41, 5.74) is 2.61. The summed E-state index contributed by atoms with van der Waals surface area (Å²) in [4.78, 5) is 27.4. The average Bonchev–Trinajstić information content (AvgIpc) is 3.21. The minimum Gasteiger partial charge on any atom is -0.348 e. The van der Waals surface area contributed by atoms with Crippen LogP contribution in [0.3, 0.4) is 0 Å². The Bertz CT molecular complexity index is 1050. The van der Waals surface area contributed by atoms with Crippen molar-refractivity contribution in [2.75, 3.05) is 18.4 Å². The van der Waals surface area contributed by atoms with E-state index in [-0.39, 0.29) is 17.9 Å². The highest BCUT2D eigenvalue weighted by Gasteiger charge is 2.24. The fraction of sp³-hybridized carbons (Fsp3) is 0.200. The van der Waals surface area contributed by atoms with Crippen molar-refractivity contribution in [2.24, 2.45) is 0 Å². The fourth-order valence-electron chi connectivity index (χ4n) is 3.75. The zero-order valence-corrected chi connectivity index (χ0v) is 17.1. The summed E-state index contributed by atoms with van der Waals surface area (Å²) in [7, 11) is 0. The van der Waals surface area contributed by atoms with E-state index in [1.54, 1.807) is 24.3 Å². The van der Waals surface area contributed by atoms with E-state index < -0.39 is 5.82 Å². The Morgan fingerprint density at radius 3 is 2.45 bits per heavy atom. The molecule has 1 fully saturated rings. The van der Waals surface area contributed by atoms with Crippen molar-refractivity contribution in [3.8, 4) is 0 Å². The summed E-state index contributed by atoms with van der Waals surface area (Å²) < 4.78 is 13.0. The van der Waals surface area contributed by atoms with E-state index in [0.717, 1.165) is 26.1 Å². The lowest BCUT2D eigenvalue weighted by Gasteiger charge is -2.17. The van der Waals surface area contributed by atoms with Crippen LogP contribution in [0.25, 0.3) is 0 Å². The van der Waals surface area contributed by atoms with E-state index in [1.165, 1.54) is 29.8 Å². The monoisotopic (exact) mass is 417 g/mol. The second kappa shape index (κ2) is 9.53. The number of likely N-dealkylation sites (tertiary alicyclic amines) is 1. The maximum absolute atomic E-state index is 13.0. The maximum Gasteiger partial charge on any atom is 0.255 e. The normalized spacial score (nSPS) is 16.1. The molecule has 1 aliphatic rings. The first-order valence-electron chi connectivity index (χ1n) is 10.3. The molecule has 2 N–H and O–H groups in total. The number of hydrogen-bond acceptors (Lipinski definition) is 3. The molecule has 0 bridgehead atoms. The fourth-order valence-corrected chi connectivity index (χ4v) is 3.75. The third kappa shape index (κ3) is 5.55. The largest absolute Gasteiger partial charge is 0.348 e. The van der Waals surface area contributed by atoms with Gasteiger partial charge in [-0.1, -0.05) is 36.4 Å². The average molecular weight is 417 g/mol. The van der Waals surface area contributed by atoms with E-state index in [0.29, 0.717) is 16.8 Å². The van der Waals surface area contributed by atoms with Crippen LogP contribution in [0.15, 0.2) is 78.9 Å². The van der Waals surface area contributed by atoms with Crippen LogP contribution in [0, 0.1) is 5.82 Å². The van der Waals surface area contributed by atoms with E-state index in [4.69, 9.17) is 0 Å². The molecule has 1 atom stereocenters. The van der Waals surface area contributed by atoms with Gasteiger partial charge in [-0.25, -0.2) is 4.39 Å². The molecule has 31 heavy (non-hydrogen) atoms. The lowest BCUT2D eigenvalue weighted by atomic mass is 10.1. The minimum atomic E-state index is -0.399. The third-order valence-electron chi connectivity index (χ3n) is 5.35. The van der Waals surface area contributed by atoms with Gasteiger partial charge in [-0.05, 0) is 54.4 Å². The van der Waals surface area contributed by atoms with Crippen LogP contribution >= 0.6 is 0 Å². The number of hydrogen-bond donors (Lipinski definition) is 2. The topological polar surface area (TPSA) is 61.4 Å². The SMILES string of the molecule is O=C(Nc1cccc(C(=O)N[C@H]2CCN(Cc3ccccc3)C2)c1)c1ccc(F)cc1. The Labute approximate surface area is 180 Å². The molecule has 3 aromatic rings. The molecule has 5 nitrogen and oxygen atoms in total. The Morgan fingerprint density at radius 2 is 1.68 bits per heavy atom. The van der Waals surface area contributed by atoms with Crippen LogP contribution in [0.1, 0.15) is 32.7 Å². The van der Waals surface area contributed by atoms with Gasteiger partial charge in [0.15, 0.2) is 0 Å². The van der Waals surface area contributed by atoms with Crippen LogP contribution in [0.5, 0.6) is 0 Å². The minimum absolute atomic E-state index is 0.0914. The standard InChI is InChI=1S/C25H24FN3O2/c26-21-11-9-19(10-12-21)24(30)27-22-8-4-7-20(15-22)25(31)28-23-13-14-29(17-23)16-18-5-2-1-3-6-18/h1-12,15,23H,13-14,16-17H2,(H,27,30)(H,28,31)/t23-/m0/s1. The highest BCUT2D eigenvalue weighted by atomic mass is 19.1. The van der Waals surface area contributed by atoms with E-state index in [2.05, 4.69) is 27.7 Å². The number of amides is 2. The van der Waals surface area contributed by atoms with Crippen LogP contribution in [-0.2, 0) is 6.54 Å². The van der Waals surface area contributed by atoms with Crippen LogP contribution < -0.4 is 10.6 Å². The summed E-state index contributed by atoms with van der Waals surface area (Å²) in [5, 5.41) is 5.85. The molecule has 6 heteroatoms. The van der Waals surface area contributed by atoms with Crippen molar-refractivity contribution in [1.29, 1.82) is 0 Å². The molecule has 1 aliphatic heterocycles. The number of nitrogens with zero attached hydrogens (tertiary/aromatic N) is 1. The molecule has 0 aliphatic carbocycles. The summed E-state index contributed by atoms with van der Waals surface area (Å²) in [5.74, 6) is -0.918. The zero-order valence-electron chi connectivity index (χ0n) is 17.1. The molecular weight excluding hydrogens is 393 g/mol. The second-order valence-corrected chi connectivity index (χ2v) is 7.72. The lowest BCUT2D eigenvalue weighted by Crippen LogP contribution is -2.37. The number of nitrogens with one attached hydrogen (secondary N) is 2. The molecule has 0 unspecified atom stereocenters. The van der Waals surface area contributed by atoms with Crippen molar-refractivity contribution < 1.29 is 14.0 Å². The van der Waals surface area contributed by atoms with Crippen LogP contribution in [0.4, 0.5) is 10.1 Å². The lowest BCUT2D eigenvalue weighted by molar-refractivity contribution is 0.0936. The first kappa shape index (κ1) is 20.8. The van der Waals surface area contributed by atoms with Crippen molar-refractivity contribution in [3.63, 3.8) is 0 Å². The quantitative estimate of drug-likeness (QED) is 0.635. The number of rotatable bonds is 6. The molecule has 0 saturated carbocycles. The smallest absolute Gasteiger partial charge is 0.255 e. The molecular formula is C25H24FN3O2. The molecule has 0 spiro atoms. The Morgan fingerprint density at radius 1 is 0.903 bits per heavy atom. The first-order chi connectivity index (χ1) is 15.1. The molecule has 4 rings (SSSR count). The zero-order chi connectivity index (χ0) is 21.6. The predicted molar refractivity (Wildman–Crippen MR) is 118 cm³/mol. The van der Waals surface area contributed by atoms with E-state index >= 15 is 0 Å². The van der Waals surface area contributed by atoms with Gasteiger partial charge >= 0.3 is 0 Å². The Kier molecular flexibility index (Phi) is 6.38. The summed E-state index contributed by atoms with van der Waals surface area (Å²) in [6, 6.07) is 22.5. The highest BCUT2D eigenvalue weighted by molar-refractivity contribution is 6.05. The van der Waals surface area contributed by atoms with Crippen molar-refractivity contribution >= 4 is 17.5 Å². The van der Waals surface area contributed by atoms with Gasteiger partial charge in [-0.3, -0.25) is 14.5 Å². The number of carbonyl (C=O) groups excluding carboxylic acids is 2. The van der Waals surface area contributed by atoms with E-state index in [1.807, 2.05) is 18.2 Å². The second-order valence-electron chi connectivity index (χ2n) is 7.72. The number of benzene rings is 3. The molecule has 1 saturated heterocycles.